The lowest BCUT2D eigenvalue weighted by Crippen LogP contribution is -2.34. The van der Waals surface area contributed by atoms with Crippen LogP contribution in [0.3, 0.4) is 0 Å². The summed E-state index contributed by atoms with van der Waals surface area (Å²) in [6, 6.07) is 0.312. The summed E-state index contributed by atoms with van der Waals surface area (Å²) in [6.45, 7) is 0. The van der Waals surface area contributed by atoms with E-state index < -0.39 is 0 Å². The summed E-state index contributed by atoms with van der Waals surface area (Å²) in [6.07, 6.45) is 11.2. The summed E-state index contributed by atoms with van der Waals surface area (Å²) < 4.78 is 5.40. The van der Waals surface area contributed by atoms with E-state index in [0.717, 1.165) is 35.6 Å². The lowest BCUT2D eigenvalue weighted by molar-refractivity contribution is 0.273. The quantitative estimate of drug-likeness (QED) is 0.903. The third-order valence-electron chi connectivity index (χ3n) is 4.67. The maximum absolute atomic E-state index is 6.18. The minimum atomic E-state index is 0.312. The Balaban J connectivity index is 1.48. The summed E-state index contributed by atoms with van der Waals surface area (Å²) in [5, 5.41) is 4.93. The van der Waals surface area contributed by atoms with Crippen LogP contribution in [0.25, 0.3) is 0 Å². The zero-order chi connectivity index (χ0) is 13.8. The van der Waals surface area contributed by atoms with Crippen molar-refractivity contribution in [3.8, 4) is 0 Å². The van der Waals surface area contributed by atoms with Gasteiger partial charge in [-0.05, 0) is 31.6 Å². The Hall–Kier alpha value is -0.550. The van der Waals surface area contributed by atoms with Crippen LogP contribution in [0, 0.1) is 5.92 Å². The molecule has 4 nitrogen and oxygen atoms in total. The molecule has 1 aromatic rings. The lowest BCUT2D eigenvalue weighted by atomic mass is 9.83. The third-order valence-corrected chi connectivity index (χ3v) is 6.03. The Bertz CT molecular complexity index is 417. The molecule has 3 rings (SSSR count). The van der Waals surface area contributed by atoms with Gasteiger partial charge in [-0.3, -0.25) is 0 Å². The number of hydrogen-bond acceptors (Lipinski definition) is 5. The molecule has 2 atom stereocenters. The van der Waals surface area contributed by atoms with Crippen LogP contribution in [0.2, 0.25) is 0 Å². The Labute approximate surface area is 125 Å². The van der Waals surface area contributed by atoms with Crippen LogP contribution < -0.4 is 5.73 Å². The van der Waals surface area contributed by atoms with Crippen molar-refractivity contribution < 1.29 is 4.52 Å². The van der Waals surface area contributed by atoms with Gasteiger partial charge in [-0.1, -0.05) is 30.8 Å². The second kappa shape index (κ2) is 6.94. The molecule has 0 aromatic carbocycles. The largest absolute Gasteiger partial charge is 0.339 e. The highest BCUT2D eigenvalue weighted by atomic mass is 32.2. The van der Waals surface area contributed by atoms with Crippen molar-refractivity contribution in [3.05, 3.63) is 11.7 Å². The Morgan fingerprint density at radius 3 is 2.65 bits per heavy atom. The molecule has 0 saturated heterocycles. The van der Waals surface area contributed by atoms with Gasteiger partial charge in [0, 0.05) is 17.7 Å². The van der Waals surface area contributed by atoms with Crippen molar-refractivity contribution in [1.82, 2.24) is 10.1 Å². The minimum absolute atomic E-state index is 0.312. The van der Waals surface area contributed by atoms with Gasteiger partial charge in [0.05, 0.1) is 5.75 Å². The average Bonchev–Trinajstić information content (AvgIpc) is 3.10. The second-order valence-electron chi connectivity index (χ2n) is 6.23. The van der Waals surface area contributed by atoms with Crippen LogP contribution >= 0.6 is 11.8 Å². The van der Waals surface area contributed by atoms with Gasteiger partial charge >= 0.3 is 0 Å². The van der Waals surface area contributed by atoms with Gasteiger partial charge in [0.15, 0.2) is 5.82 Å². The van der Waals surface area contributed by atoms with Gasteiger partial charge in [0.2, 0.25) is 5.89 Å². The van der Waals surface area contributed by atoms with Crippen molar-refractivity contribution in [3.63, 3.8) is 0 Å². The molecule has 0 amide bonds. The number of hydrogen-bond donors (Lipinski definition) is 1. The van der Waals surface area contributed by atoms with Gasteiger partial charge in [0.1, 0.15) is 0 Å². The number of nitrogens with zero attached hydrogens (tertiary/aromatic N) is 2. The molecule has 0 bridgehead atoms. The molecular weight excluding hydrogens is 270 g/mol. The maximum atomic E-state index is 6.18. The second-order valence-corrected chi connectivity index (χ2v) is 7.52. The molecule has 2 N–H and O–H groups in total. The molecule has 2 aliphatic rings. The molecule has 0 aliphatic heterocycles. The number of rotatable bonds is 5. The first-order valence-corrected chi connectivity index (χ1v) is 9.05. The number of aromatic nitrogens is 2. The lowest BCUT2D eigenvalue weighted by Gasteiger charge is -2.27. The first-order valence-electron chi connectivity index (χ1n) is 8.00. The Morgan fingerprint density at radius 1 is 1.10 bits per heavy atom. The van der Waals surface area contributed by atoms with Crippen molar-refractivity contribution in [2.45, 2.75) is 74.8 Å². The normalized spacial score (nSPS) is 28.1. The average molecular weight is 295 g/mol. The molecule has 1 aromatic heterocycles. The molecule has 20 heavy (non-hydrogen) atoms. The van der Waals surface area contributed by atoms with E-state index in [-0.39, 0.29) is 0 Å². The summed E-state index contributed by atoms with van der Waals surface area (Å²) in [7, 11) is 0. The summed E-state index contributed by atoms with van der Waals surface area (Å²) in [5.41, 5.74) is 6.18. The molecule has 2 saturated carbocycles. The zero-order valence-electron chi connectivity index (χ0n) is 12.1. The van der Waals surface area contributed by atoms with Crippen LogP contribution in [0.1, 0.15) is 63.1 Å². The van der Waals surface area contributed by atoms with Crippen LogP contribution in [0.5, 0.6) is 0 Å². The first-order chi connectivity index (χ1) is 9.81. The van der Waals surface area contributed by atoms with Crippen molar-refractivity contribution >= 4 is 11.8 Å². The standard InChI is InChI=1S/C15H25N3OS/c16-13-8-4-1-5-11(13)9-15-17-14(18-19-15)10-20-12-6-2-3-7-12/h11-13H,1-10,16H2. The molecular formula is C15H25N3OS. The molecule has 0 spiro atoms. The fourth-order valence-corrected chi connectivity index (χ4v) is 4.56. The zero-order valence-corrected chi connectivity index (χ0v) is 12.9. The third kappa shape index (κ3) is 3.76. The fraction of sp³-hybridized carbons (Fsp3) is 0.867. The molecule has 5 heteroatoms. The molecule has 0 radical (unpaired) electrons. The molecule has 2 fully saturated rings. The predicted octanol–water partition coefficient (Wildman–Crippen LogP) is 3.31. The van der Waals surface area contributed by atoms with E-state index in [1.54, 1.807) is 0 Å². The molecule has 2 aliphatic carbocycles. The van der Waals surface area contributed by atoms with Gasteiger partial charge in [-0.15, -0.1) is 0 Å². The fourth-order valence-electron chi connectivity index (χ4n) is 3.39. The van der Waals surface area contributed by atoms with E-state index in [0.29, 0.717) is 12.0 Å². The highest BCUT2D eigenvalue weighted by Gasteiger charge is 2.24. The summed E-state index contributed by atoms with van der Waals surface area (Å²) in [4.78, 5) is 4.55. The minimum Gasteiger partial charge on any atom is -0.339 e. The monoisotopic (exact) mass is 295 g/mol. The van der Waals surface area contributed by atoms with E-state index in [4.69, 9.17) is 10.3 Å². The molecule has 2 unspecified atom stereocenters. The summed E-state index contributed by atoms with van der Waals surface area (Å²) >= 11 is 1.99. The smallest absolute Gasteiger partial charge is 0.227 e. The van der Waals surface area contributed by atoms with Gasteiger partial charge in [-0.2, -0.15) is 16.7 Å². The van der Waals surface area contributed by atoms with Crippen molar-refractivity contribution in [2.75, 3.05) is 0 Å². The number of nitrogens with two attached hydrogens (primary N) is 1. The van der Waals surface area contributed by atoms with E-state index >= 15 is 0 Å². The van der Waals surface area contributed by atoms with E-state index in [2.05, 4.69) is 10.1 Å². The topological polar surface area (TPSA) is 64.9 Å². The number of thioether (sulfide) groups is 1. The van der Waals surface area contributed by atoms with Gasteiger partial charge in [0.25, 0.3) is 0 Å². The van der Waals surface area contributed by atoms with Crippen molar-refractivity contribution in [2.24, 2.45) is 11.7 Å². The van der Waals surface area contributed by atoms with E-state index in [9.17, 15) is 0 Å². The molecule has 112 valence electrons. The van der Waals surface area contributed by atoms with Crippen LogP contribution in [-0.2, 0) is 12.2 Å². The summed E-state index contributed by atoms with van der Waals surface area (Å²) in [5.74, 6) is 3.07. The molecule has 1 heterocycles. The Morgan fingerprint density at radius 2 is 1.85 bits per heavy atom. The Kier molecular flexibility index (Phi) is 4.99. The highest BCUT2D eigenvalue weighted by molar-refractivity contribution is 7.99. The van der Waals surface area contributed by atoms with E-state index in [1.165, 1.54) is 44.9 Å². The highest BCUT2D eigenvalue weighted by Crippen LogP contribution is 2.31. The van der Waals surface area contributed by atoms with Crippen molar-refractivity contribution in [1.29, 1.82) is 0 Å². The first kappa shape index (κ1) is 14.4. The van der Waals surface area contributed by atoms with Crippen LogP contribution in [0.4, 0.5) is 0 Å². The maximum Gasteiger partial charge on any atom is 0.227 e. The van der Waals surface area contributed by atoms with Crippen LogP contribution in [-0.4, -0.2) is 21.4 Å². The predicted molar refractivity (Wildman–Crippen MR) is 81.5 cm³/mol. The SMILES string of the molecule is NC1CCCCC1Cc1nc(CSC2CCCC2)no1. The van der Waals surface area contributed by atoms with Crippen LogP contribution in [0.15, 0.2) is 4.52 Å². The van der Waals surface area contributed by atoms with Gasteiger partial charge in [-0.25, -0.2) is 0 Å². The van der Waals surface area contributed by atoms with Gasteiger partial charge < -0.3 is 10.3 Å². The van der Waals surface area contributed by atoms with E-state index in [1.807, 2.05) is 11.8 Å².